The third kappa shape index (κ3) is 2.72. The molecule has 0 spiro atoms. The Bertz CT molecular complexity index is 695. The number of pyridine rings is 1. The maximum absolute atomic E-state index is 5.72. The summed E-state index contributed by atoms with van der Waals surface area (Å²) in [6, 6.07) is 11.3. The van der Waals surface area contributed by atoms with Crippen molar-refractivity contribution in [2.24, 2.45) is 0 Å². The van der Waals surface area contributed by atoms with Crippen molar-refractivity contribution in [3.8, 4) is 11.1 Å². The molecule has 0 bridgehead atoms. The van der Waals surface area contributed by atoms with Crippen LogP contribution in [0.25, 0.3) is 11.1 Å². The predicted molar refractivity (Wildman–Crippen MR) is 79.4 cm³/mol. The van der Waals surface area contributed by atoms with E-state index < -0.39 is 0 Å². The molecule has 5 heteroatoms. The summed E-state index contributed by atoms with van der Waals surface area (Å²) in [5.41, 5.74) is 9.20. The summed E-state index contributed by atoms with van der Waals surface area (Å²) in [5, 5.41) is 3.11. The van der Waals surface area contributed by atoms with Gasteiger partial charge in [0.25, 0.3) is 0 Å². The minimum absolute atomic E-state index is 0.531. The van der Waals surface area contributed by atoms with E-state index in [0.29, 0.717) is 11.6 Å². The van der Waals surface area contributed by atoms with Gasteiger partial charge >= 0.3 is 0 Å². The van der Waals surface area contributed by atoms with Gasteiger partial charge in [-0.15, -0.1) is 0 Å². The first-order valence-electron chi connectivity index (χ1n) is 6.16. The summed E-state index contributed by atoms with van der Waals surface area (Å²) >= 11 is 0. The molecule has 0 atom stereocenters. The molecule has 0 aliphatic heterocycles. The van der Waals surface area contributed by atoms with Crippen LogP contribution in [0.1, 0.15) is 0 Å². The second-order valence-corrected chi connectivity index (χ2v) is 4.29. The van der Waals surface area contributed by atoms with E-state index in [9.17, 15) is 0 Å². The van der Waals surface area contributed by atoms with E-state index in [0.717, 1.165) is 16.8 Å². The highest BCUT2D eigenvalue weighted by atomic mass is 15.1. The zero-order chi connectivity index (χ0) is 13.8. The van der Waals surface area contributed by atoms with Crippen molar-refractivity contribution in [2.45, 2.75) is 0 Å². The number of rotatable bonds is 3. The zero-order valence-corrected chi connectivity index (χ0v) is 10.7. The van der Waals surface area contributed by atoms with E-state index in [2.05, 4.69) is 20.3 Å². The Kier molecular flexibility index (Phi) is 3.24. The van der Waals surface area contributed by atoms with Crippen LogP contribution in [-0.4, -0.2) is 15.0 Å². The minimum atomic E-state index is 0.531. The van der Waals surface area contributed by atoms with Crippen LogP contribution in [0.4, 0.5) is 17.3 Å². The fourth-order valence-electron chi connectivity index (χ4n) is 1.82. The van der Waals surface area contributed by atoms with Crippen LogP contribution < -0.4 is 11.1 Å². The van der Waals surface area contributed by atoms with Crippen molar-refractivity contribution in [3.63, 3.8) is 0 Å². The number of nitrogens with two attached hydrogens (primary N) is 1. The molecular weight excluding hydrogens is 250 g/mol. The van der Waals surface area contributed by atoms with Gasteiger partial charge in [0.05, 0.1) is 0 Å². The van der Waals surface area contributed by atoms with Crippen molar-refractivity contribution in [1.82, 2.24) is 15.0 Å². The van der Waals surface area contributed by atoms with Gasteiger partial charge < -0.3 is 11.1 Å². The van der Waals surface area contributed by atoms with Crippen LogP contribution >= 0.6 is 0 Å². The van der Waals surface area contributed by atoms with E-state index in [-0.39, 0.29) is 0 Å². The fourth-order valence-corrected chi connectivity index (χ4v) is 1.82. The predicted octanol–water partition coefficient (Wildman–Crippen LogP) is 2.86. The van der Waals surface area contributed by atoms with E-state index in [1.807, 2.05) is 36.4 Å². The molecule has 20 heavy (non-hydrogen) atoms. The summed E-state index contributed by atoms with van der Waals surface area (Å²) in [5.74, 6) is 0.531. The lowest BCUT2D eigenvalue weighted by molar-refractivity contribution is 1.16. The molecule has 0 radical (unpaired) electrons. The van der Waals surface area contributed by atoms with Gasteiger partial charge in [0, 0.05) is 47.3 Å². The standard InChI is InChI=1S/C15H13N5/c16-13-4-1-5-14(7-13)20-15-18-9-12(10-19-15)11-3-2-6-17-8-11/h1-10H,16H2,(H,18,19,20). The van der Waals surface area contributed by atoms with E-state index >= 15 is 0 Å². The van der Waals surface area contributed by atoms with Gasteiger partial charge in [0.2, 0.25) is 5.95 Å². The molecule has 0 aliphatic carbocycles. The normalized spacial score (nSPS) is 10.2. The number of anilines is 3. The average Bonchev–Trinajstić information content (AvgIpc) is 2.49. The molecule has 98 valence electrons. The lowest BCUT2D eigenvalue weighted by atomic mass is 10.2. The molecular formula is C15H13N5. The number of hydrogen-bond donors (Lipinski definition) is 2. The molecule has 0 saturated heterocycles. The maximum Gasteiger partial charge on any atom is 0.227 e. The van der Waals surface area contributed by atoms with Gasteiger partial charge in [-0.25, -0.2) is 9.97 Å². The summed E-state index contributed by atoms with van der Waals surface area (Å²) in [6.45, 7) is 0. The summed E-state index contributed by atoms with van der Waals surface area (Å²) in [7, 11) is 0. The number of nitrogen functional groups attached to an aromatic ring is 1. The van der Waals surface area contributed by atoms with Gasteiger partial charge in [-0.05, 0) is 24.3 Å². The monoisotopic (exact) mass is 263 g/mol. The molecule has 1 aromatic carbocycles. The molecule has 3 rings (SSSR count). The van der Waals surface area contributed by atoms with E-state index in [1.54, 1.807) is 24.8 Å². The first-order valence-corrected chi connectivity index (χ1v) is 6.16. The Labute approximate surface area is 116 Å². The van der Waals surface area contributed by atoms with Crippen molar-refractivity contribution in [1.29, 1.82) is 0 Å². The van der Waals surface area contributed by atoms with E-state index in [1.165, 1.54) is 0 Å². The van der Waals surface area contributed by atoms with Crippen molar-refractivity contribution in [3.05, 3.63) is 61.2 Å². The van der Waals surface area contributed by atoms with Gasteiger partial charge in [-0.3, -0.25) is 4.98 Å². The number of benzene rings is 1. The molecule has 0 amide bonds. The Balaban J connectivity index is 1.80. The minimum Gasteiger partial charge on any atom is -0.399 e. The SMILES string of the molecule is Nc1cccc(Nc2ncc(-c3cccnc3)cn2)c1. The van der Waals surface area contributed by atoms with Crippen molar-refractivity contribution < 1.29 is 0 Å². The molecule has 0 fully saturated rings. The van der Waals surface area contributed by atoms with Crippen LogP contribution in [-0.2, 0) is 0 Å². The first kappa shape index (κ1) is 12.1. The summed E-state index contributed by atoms with van der Waals surface area (Å²) < 4.78 is 0. The summed E-state index contributed by atoms with van der Waals surface area (Å²) in [4.78, 5) is 12.7. The largest absolute Gasteiger partial charge is 0.399 e. The van der Waals surface area contributed by atoms with Crippen LogP contribution in [0.5, 0.6) is 0 Å². The number of nitrogens with zero attached hydrogens (tertiary/aromatic N) is 3. The quantitative estimate of drug-likeness (QED) is 0.710. The van der Waals surface area contributed by atoms with E-state index in [4.69, 9.17) is 5.73 Å². The van der Waals surface area contributed by atoms with Gasteiger partial charge in [-0.2, -0.15) is 0 Å². The molecule has 3 N–H and O–H groups in total. The van der Waals surface area contributed by atoms with Crippen LogP contribution in [0.15, 0.2) is 61.2 Å². The molecule has 0 saturated carbocycles. The van der Waals surface area contributed by atoms with Crippen LogP contribution in [0.3, 0.4) is 0 Å². The topological polar surface area (TPSA) is 76.7 Å². The Morgan fingerprint density at radius 2 is 1.75 bits per heavy atom. The fraction of sp³-hybridized carbons (Fsp3) is 0. The Morgan fingerprint density at radius 3 is 2.45 bits per heavy atom. The Morgan fingerprint density at radius 1 is 0.900 bits per heavy atom. The maximum atomic E-state index is 5.72. The molecule has 2 heterocycles. The molecule has 2 aromatic heterocycles. The summed E-state index contributed by atoms with van der Waals surface area (Å²) in [6.07, 6.45) is 7.04. The van der Waals surface area contributed by atoms with Crippen molar-refractivity contribution >= 4 is 17.3 Å². The number of nitrogens with one attached hydrogen (secondary N) is 1. The third-order valence-electron chi connectivity index (χ3n) is 2.79. The lowest BCUT2D eigenvalue weighted by Gasteiger charge is -2.06. The second kappa shape index (κ2) is 5.36. The third-order valence-corrected chi connectivity index (χ3v) is 2.79. The molecule has 3 aromatic rings. The number of aromatic nitrogens is 3. The zero-order valence-electron chi connectivity index (χ0n) is 10.7. The van der Waals surface area contributed by atoms with Crippen LogP contribution in [0.2, 0.25) is 0 Å². The van der Waals surface area contributed by atoms with Gasteiger partial charge in [0.15, 0.2) is 0 Å². The van der Waals surface area contributed by atoms with Gasteiger partial charge in [0.1, 0.15) is 0 Å². The second-order valence-electron chi connectivity index (χ2n) is 4.29. The number of hydrogen-bond acceptors (Lipinski definition) is 5. The Hall–Kier alpha value is -2.95. The smallest absolute Gasteiger partial charge is 0.227 e. The van der Waals surface area contributed by atoms with Crippen LogP contribution in [0, 0.1) is 0 Å². The highest BCUT2D eigenvalue weighted by Gasteiger charge is 2.01. The molecule has 0 unspecified atom stereocenters. The molecule has 5 nitrogen and oxygen atoms in total. The first-order chi connectivity index (χ1) is 9.81. The average molecular weight is 263 g/mol. The highest BCUT2D eigenvalue weighted by molar-refractivity contribution is 5.63. The lowest BCUT2D eigenvalue weighted by Crippen LogP contribution is -1.97. The van der Waals surface area contributed by atoms with Gasteiger partial charge in [-0.1, -0.05) is 12.1 Å². The van der Waals surface area contributed by atoms with Crippen molar-refractivity contribution in [2.75, 3.05) is 11.1 Å². The molecule has 0 aliphatic rings. The highest BCUT2D eigenvalue weighted by Crippen LogP contribution is 2.19.